The second-order valence-electron chi connectivity index (χ2n) is 27.5. The van der Waals surface area contributed by atoms with Crippen molar-refractivity contribution in [1.29, 1.82) is 0 Å². The van der Waals surface area contributed by atoms with Crippen LogP contribution in [0.15, 0.2) is 376 Å². The summed E-state index contributed by atoms with van der Waals surface area (Å²) < 4.78 is 0. The molecule has 0 unspecified atom stereocenters. The smallest absolute Gasteiger partial charge is 0.252 e. The van der Waals surface area contributed by atoms with Gasteiger partial charge in [-0.3, -0.25) is 0 Å². The number of hydrogen-bond acceptors (Lipinski definition) is 4. The lowest BCUT2D eigenvalue weighted by atomic mass is 9.33. The normalized spacial score (nSPS) is 13.0. The molecule has 0 bridgehead atoms. The van der Waals surface area contributed by atoms with Crippen LogP contribution < -0.4 is 52.4 Å². The van der Waals surface area contributed by atoms with Crippen LogP contribution in [0.2, 0.25) is 0 Å². The summed E-state index contributed by atoms with van der Waals surface area (Å²) in [6.07, 6.45) is 0. The van der Waals surface area contributed by atoms with Crippen LogP contribution in [0.25, 0.3) is 88.0 Å². The zero-order valence-corrected chi connectivity index (χ0v) is 55.7. The standard InChI is InChI=1S/C96H62B2N4/c1-6-27-63(28-7-1)68-54-69(56-70(55-68)72-61-92-95-93(62-72)101(75-35-12-4-13-36-75)88-47-24-21-44-84(88)97(95)83-43-20-23-46-87(83)100(92)74-33-10-3-11-34-74)65-30-26-29-64(53-65)67-50-52-86-90(58-67)102(76-37-14-5-15-38-76)94-60-71(59-91-96(94)98(86)85-45-22-25-48-89(85)99(91)73-31-8-2-9-32-73)66-49-51-81-79-41-17-16-39-77(79)78-40-18-19-42-80(78)82(81)57-66/h1-62H. The first-order valence-corrected chi connectivity index (χ1v) is 35.4. The van der Waals surface area contributed by atoms with Crippen molar-refractivity contribution in [3.63, 3.8) is 0 Å². The van der Waals surface area contributed by atoms with Gasteiger partial charge in [-0.05, 0) is 248 Å². The van der Waals surface area contributed by atoms with Gasteiger partial charge < -0.3 is 19.6 Å². The van der Waals surface area contributed by atoms with Crippen molar-refractivity contribution < 1.29 is 0 Å². The van der Waals surface area contributed by atoms with E-state index in [2.05, 4.69) is 396 Å². The minimum Gasteiger partial charge on any atom is -0.311 e. The lowest BCUT2D eigenvalue weighted by molar-refractivity contribution is 1.25. The van der Waals surface area contributed by atoms with Crippen molar-refractivity contribution in [2.24, 2.45) is 0 Å². The first kappa shape index (κ1) is 57.9. The highest BCUT2D eigenvalue weighted by Crippen LogP contribution is 2.50. The molecule has 0 saturated carbocycles. The van der Waals surface area contributed by atoms with Crippen molar-refractivity contribution in [2.75, 3.05) is 19.6 Å². The fraction of sp³-hybridized carbons (Fsp3) is 0. The number of benzene rings is 17. The van der Waals surface area contributed by atoms with Gasteiger partial charge in [-0.25, -0.2) is 0 Å². The highest BCUT2D eigenvalue weighted by Gasteiger charge is 2.46. The predicted octanol–water partition coefficient (Wildman–Crippen LogP) is 21.6. The Labute approximate surface area is 594 Å². The van der Waals surface area contributed by atoms with Crippen molar-refractivity contribution in [3.8, 4) is 55.6 Å². The summed E-state index contributed by atoms with van der Waals surface area (Å²) in [6, 6.07) is 141. The molecule has 4 aliphatic rings. The fourth-order valence-electron chi connectivity index (χ4n) is 17.5. The number of anilines is 12. The maximum Gasteiger partial charge on any atom is 0.252 e. The summed E-state index contributed by atoms with van der Waals surface area (Å²) in [5.74, 6) is 0. The number of hydrogen-bond donors (Lipinski definition) is 0. The van der Waals surface area contributed by atoms with E-state index in [-0.39, 0.29) is 13.4 Å². The van der Waals surface area contributed by atoms with Gasteiger partial charge in [0.1, 0.15) is 0 Å². The van der Waals surface area contributed by atoms with Crippen LogP contribution in [0.3, 0.4) is 0 Å². The van der Waals surface area contributed by atoms with Gasteiger partial charge in [0.15, 0.2) is 0 Å². The zero-order valence-electron chi connectivity index (χ0n) is 55.7. The van der Waals surface area contributed by atoms with Crippen LogP contribution in [0.5, 0.6) is 0 Å². The van der Waals surface area contributed by atoms with E-state index in [1.165, 1.54) is 110 Å². The number of para-hydroxylation sites is 7. The lowest BCUT2D eigenvalue weighted by Crippen LogP contribution is -2.61. The van der Waals surface area contributed by atoms with E-state index in [9.17, 15) is 0 Å². The summed E-state index contributed by atoms with van der Waals surface area (Å²) in [7, 11) is 0. The summed E-state index contributed by atoms with van der Waals surface area (Å²) >= 11 is 0. The molecule has 0 amide bonds. The van der Waals surface area contributed by atoms with E-state index in [0.717, 1.165) is 78.5 Å². The molecule has 4 nitrogen and oxygen atoms in total. The Morgan fingerprint density at radius 1 is 0.147 bits per heavy atom. The summed E-state index contributed by atoms with van der Waals surface area (Å²) in [5.41, 5.74) is 33.1. The predicted molar refractivity (Wildman–Crippen MR) is 434 cm³/mol. The molecular formula is C96H62B2N4. The van der Waals surface area contributed by atoms with Crippen LogP contribution in [-0.4, -0.2) is 13.4 Å². The minimum absolute atomic E-state index is 0.0142. The minimum atomic E-state index is -0.0605. The molecule has 0 fully saturated rings. The maximum atomic E-state index is 2.56. The molecule has 21 rings (SSSR count). The summed E-state index contributed by atoms with van der Waals surface area (Å²) in [6.45, 7) is -0.0463. The van der Waals surface area contributed by atoms with Gasteiger partial charge in [0, 0.05) is 68.2 Å². The number of nitrogens with zero attached hydrogens (tertiary/aromatic N) is 4. The highest BCUT2D eigenvalue weighted by atomic mass is 15.2. The van der Waals surface area contributed by atoms with Crippen LogP contribution in [0, 0.1) is 0 Å². The van der Waals surface area contributed by atoms with E-state index in [1.807, 2.05) is 0 Å². The third kappa shape index (κ3) is 9.06. The Kier molecular flexibility index (Phi) is 13.2. The van der Waals surface area contributed by atoms with Crippen molar-refractivity contribution >= 4 is 147 Å². The molecule has 4 aliphatic heterocycles. The van der Waals surface area contributed by atoms with Crippen molar-refractivity contribution in [2.45, 2.75) is 0 Å². The van der Waals surface area contributed by atoms with Gasteiger partial charge in [-0.2, -0.15) is 0 Å². The molecule has 472 valence electrons. The Morgan fingerprint density at radius 3 is 0.863 bits per heavy atom. The SMILES string of the molecule is c1ccc(-c2cc(-c3cccc(-c4ccc5c(c4)N(c4ccccc4)c4cc(-c6ccc7c8ccccc8c8ccccc8c7c6)cc6c4B5c4ccccc4N6c4ccccc4)c3)cc(-c3cc4c5c(c3)N(c3ccccc3)c3ccccc3B5c3ccccc3N4c3ccccc3)c2)cc1. The second-order valence-corrected chi connectivity index (χ2v) is 27.5. The molecule has 0 aromatic heterocycles. The molecule has 0 N–H and O–H groups in total. The summed E-state index contributed by atoms with van der Waals surface area (Å²) in [4.78, 5) is 10.1. The Bertz CT molecular complexity index is 6090. The molecule has 0 aliphatic carbocycles. The fourth-order valence-corrected chi connectivity index (χ4v) is 17.5. The van der Waals surface area contributed by atoms with Gasteiger partial charge in [-0.1, -0.05) is 249 Å². The quantitative estimate of drug-likeness (QED) is 0.105. The average molecular weight is 1290 g/mol. The molecule has 0 radical (unpaired) electrons. The maximum absolute atomic E-state index is 2.56. The van der Waals surface area contributed by atoms with E-state index < -0.39 is 0 Å². The van der Waals surface area contributed by atoms with Gasteiger partial charge in [-0.15, -0.1) is 0 Å². The van der Waals surface area contributed by atoms with Gasteiger partial charge >= 0.3 is 0 Å². The topological polar surface area (TPSA) is 13.0 Å². The largest absolute Gasteiger partial charge is 0.311 e. The highest BCUT2D eigenvalue weighted by molar-refractivity contribution is 7.01. The van der Waals surface area contributed by atoms with Gasteiger partial charge in [0.25, 0.3) is 13.4 Å². The van der Waals surface area contributed by atoms with Crippen LogP contribution in [0.4, 0.5) is 68.2 Å². The number of fused-ring (bicyclic) bond motifs is 14. The summed E-state index contributed by atoms with van der Waals surface area (Å²) in [5, 5.41) is 7.58. The molecule has 0 saturated heterocycles. The van der Waals surface area contributed by atoms with E-state index in [0.29, 0.717) is 0 Å². The molecule has 17 aromatic rings. The Morgan fingerprint density at radius 2 is 0.412 bits per heavy atom. The first-order valence-electron chi connectivity index (χ1n) is 35.4. The molecule has 102 heavy (non-hydrogen) atoms. The van der Waals surface area contributed by atoms with E-state index in [1.54, 1.807) is 0 Å². The van der Waals surface area contributed by atoms with Gasteiger partial charge in [0.2, 0.25) is 0 Å². The molecule has 0 atom stereocenters. The molecule has 6 heteroatoms. The van der Waals surface area contributed by atoms with Crippen molar-refractivity contribution in [3.05, 3.63) is 376 Å². The zero-order chi connectivity index (χ0) is 66.9. The second kappa shape index (κ2) is 23.2. The first-order chi connectivity index (χ1) is 50.6. The molecule has 0 spiro atoms. The molecule has 17 aromatic carbocycles. The lowest BCUT2D eigenvalue weighted by Gasteiger charge is -2.44. The third-order valence-electron chi connectivity index (χ3n) is 21.9. The van der Waals surface area contributed by atoms with Crippen LogP contribution in [0.1, 0.15) is 0 Å². The Balaban J connectivity index is 0.750. The monoisotopic (exact) mass is 1290 g/mol. The van der Waals surface area contributed by atoms with Gasteiger partial charge in [0.05, 0.1) is 0 Å². The Hall–Kier alpha value is -13.2. The van der Waals surface area contributed by atoms with Crippen LogP contribution >= 0.6 is 0 Å². The average Bonchev–Trinajstić information content (AvgIpc) is 0.704. The van der Waals surface area contributed by atoms with E-state index >= 15 is 0 Å². The molecular weight excluding hydrogens is 1230 g/mol. The van der Waals surface area contributed by atoms with Crippen molar-refractivity contribution in [1.82, 2.24) is 0 Å². The molecule has 4 heterocycles. The number of rotatable bonds is 9. The van der Waals surface area contributed by atoms with Crippen LogP contribution in [-0.2, 0) is 0 Å². The third-order valence-corrected chi connectivity index (χ3v) is 21.9. The van der Waals surface area contributed by atoms with E-state index in [4.69, 9.17) is 0 Å².